The summed E-state index contributed by atoms with van der Waals surface area (Å²) in [6.07, 6.45) is 2.21. The largest absolute Gasteiger partial charge is 0.379 e. The van der Waals surface area contributed by atoms with E-state index in [0.29, 0.717) is 6.04 Å². The molecule has 1 saturated heterocycles. The quantitative estimate of drug-likeness (QED) is 0.863. The molecule has 1 aliphatic heterocycles. The van der Waals surface area contributed by atoms with Crippen molar-refractivity contribution in [2.24, 2.45) is 0 Å². The first-order valence-corrected chi connectivity index (χ1v) is 7.74. The van der Waals surface area contributed by atoms with Crippen LogP contribution in [0.25, 0.3) is 0 Å². The van der Waals surface area contributed by atoms with E-state index in [9.17, 15) is 0 Å². The van der Waals surface area contributed by atoms with Gasteiger partial charge in [-0.25, -0.2) is 0 Å². The van der Waals surface area contributed by atoms with Crippen LogP contribution in [0.1, 0.15) is 25.8 Å². The van der Waals surface area contributed by atoms with E-state index in [1.54, 1.807) is 0 Å². The Morgan fingerprint density at radius 3 is 2.45 bits per heavy atom. The molecule has 0 radical (unpaired) electrons. The van der Waals surface area contributed by atoms with Crippen LogP contribution in [-0.2, 0) is 11.2 Å². The van der Waals surface area contributed by atoms with E-state index in [1.165, 1.54) is 5.56 Å². The zero-order valence-corrected chi connectivity index (χ0v) is 13.1. The highest BCUT2D eigenvalue weighted by atomic mass is 16.5. The number of nitrogens with zero attached hydrogens (tertiary/aromatic N) is 1. The standard InChI is InChI=1S/C17H28N2O/c1-4-17(2,19-10-12-20-13-11-19)16(18-3)14-15-8-6-5-7-9-15/h5-9,16,18H,4,10-14H2,1-3H3. The van der Waals surface area contributed by atoms with Gasteiger partial charge in [-0.15, -0.1) is 0 Å². The molecule has 0 saturated carbocycles. The molecule has 0 amide bonds. The summed E-state index contributed by atoms with van der Waals surface area (Å²) in [5.74, 6) is 0. The van der Waals surface area contributed by atoms with E-state index >= 15 is 0 Å². The van der Waals surface area contributed by atoms with Crippen LogP contribution in [-0.4, -0.2) is 49.8 Å². The van der Waals surface area contributed by atoms with Crippen molar-refractivity contribution in [1.82, 2.24) is 10.2 Å². The van der Waals surface area contributed by atoms with Crippen LogP contribution in [0.15, 0.2) is 30.3 Å². The van der Waals surface area contributed by atoms with Crippen molar-refractivity contribution in [2.75, 3.05) is 33.4 Å². The minimum Gasteiger partial charge on any atom is -0.379 e. The van der Waals surface area contributed by atoms with E-state index in [-0.39, 0.29) is 5.54 Å². The average molecular weight is 276 g/mol. The maximum absolute atomic E-state index is 5.51. The van der Waals surface area contributed by atoms with Crippen molar-refractivity contribution in [3.05, 3.63) is 35.9 Å². The molecule has 0 aromatic heterocycles. The molecular weight excluding hydrogens is 248 g/mol. The van der Waals surface area contributed by atoms with Crippen LogP contribution >= 0.6 is 0 Å². The number of likely N-dealkylation sites (N-methyl/N-ethyl adjacent to an activating group) is 1. The lowest BCUT2D eigenvalue weighted by atomic mass is 9.83. The van der Waals surface area contributed by atoms with Crippen molar-refractivity contribution in [3.8, 4) is 0 Å². The van der Waals surface area contributed by atoms with E-state index in [2.05, 4.69) is 61.4 Å². The Bertz CT molecular complexity index is 389. The van der Waals surface area contributed by atoms with Crippen LogP contribution in [0.2, 0.25) is 0 Å². The summed E-state index contributed by atoms with van der Waals surface area (Å²) in [6.45, 7) is 8.48. The fourth-order valence-electron chi connectivity index (χ4n) is 3.25. The van der Waals surface area contributed by atoms with Crippen molar-refractivity contribution in [1.29, 1.82) is 0 Å². The zero-order chi connectivity index (χ0) is 14.4. The molecule has 2 atom stereocenters. The number of hydrogen-bond acceptors (Lipinski definition) is 3. The second kappa shape index (κ2) is 7.21. The van der Waals surface area contributed by atoms with Gasteiger partial charge >= 0.3 is 0 Å². The number of hydrogen-bond donors (Lipinski definition) is 1. The molecule has 1 fully saturated rings. The third-order valence-electron chi connectivity index (χ3n) is 4.83. The van der Waals surface area contributed by atoms with Gasteiger partial charge in [-0.3, -0.25) is 4.90 Å². The Hall–Kier alpha value is -0.900. The van der Waals surface area contributed by atoms with Crippen LogP contribution in [0.3, 0.4) is 0 Å². The monoisotopic (exact) mass is 276 g/mol. The predicted molar refractivity (Wildman–Crippen MR) is 84.1 cm³/mol. The third kappa shape index (κ3) is 3.40. The van der Waals surface area contributed by atoms with Gasteiger partial charge in [-0.05, 0) is 32.4 Å². The maximum atomic E-state index is 5.51. The Kier molecular flexibility index (Phi) is 5.58. The molecule has 1 heterocycles. The highest BCUT2D eigenvalue weighted by Crippen LogP contribution is 2.27. The lowest BCUT2D eigenvalue weighted by Crippen LogP contribution is -2.61. The summed E-state index contributed by atoms with van der Waals surface area (Å²) < 4.78 is 5.51. The molecule has 3 nitrogen and oxygen atoms in total. The Labute approximate surface area is 123 Å². The first kappa shape index (κ1) is 15.5. The molecule has 1 N–H and O–H groups in total. The van der Waals surface area contributed by atoms with Crippen molar-refractivity contribution in [2.45, 2.75) is 38.3 Å². The van der Waals surface area contributed by atoms with E-state index in [0.717, 1.165) is 39.1 Å². The number of nitrogens with one attached hydrogen (secondary N) is 1. The minimum atomic E-state index is 0.175. The highest BCUT2D eigenvalue weighted by molar-refractivity contribution is 5.17. The molecule has 0 spiro atoms. The van der Waals surface area contributed by atoms with Crippen molar-refractivity contribution < 1.29 is 4.74 Å². The van der Waals surface area contributed by atoms with Crippen LogP contribution in [0.5, 0.6) is 0 Å². The fourth-order valence-corrected chi connectivity index (χ4v) is 3.25. The summed E-state index contributed by atoms with van der Waals surface area (Å²) in [5.41, 5.74) is 1.58. The summed E-state index contributed by atoms with van der Waals surface area (Å²) in [7, 11) is 2.09. The lowest BCUT2D eigenvalue weighted by molar-refractivity contribution is -0.0313. The molecule has 0 bridgehead atoms. The molecule has 2 rings (SSSR count). The molecule has 2 unspecified atom stereocenters. The molecule has 1 aromatic carbocycles. The van der Waals surface area contributed by atoms with Gasteiger partial charge in [0.05, 0.1) is 13.2 Å². The van der Waals surface area contributed by atoms with Gasteiger partial charge in [0.1, 0.15) is 0 Å². The molecule has 3 heteroatoms. The van der Waals surface area contributed by atoms with Crippen LogP contribution in [0.4, 0.5) is 0 Å². The Balaban J connectivity index is 2.13. The molecule has 1 aromatic rings. The van der Waals surface area contributed by atoms with E-state index < -0.39 is 0 Å². The number of morpholine rings is 1. The normalized spacial score (nSPS) is 21.4. The van der Waals surface area contributed by atoms with Gasteiger partial charge in [-0.2, -0.15) is 0 Å². The number of ether oxygens (including phenoxy) is 1. The van der Waals surface area contributed by atoms with Crippen LogP contribution in [0, 0.1) is 0 Å². The van der Waals surface area contributed by atoms with Crippen LogP contribution < -0.4 is 5.32 Å². The van der Waals surface area contributed by atoms with E-state index in [1.807, 2.05) is 0 Å². The third-order valence-corrected chi connectivity index (χ3v) is 4.83. The minimum absolute atomic E-state index is 0.175. The lowest BCUT2D eigenvalue weighted by Gasteiger charge is -2.48. The van der Waals surface area contributed by atoms with Gasteiger partial charge in [0.15, 0.2) is 0 Å². The second-order valence-electron chi connectivity index (χ2n) is 5.84. The summed E-state index contributed by atoms with van der Waals surface area (Å²) in [6, 6.07) is 11.2. The van der Waals surface area contributed by atoms with Crippen molar-refractivity contribution >= 4 is 0 Å². The van der Waals surface area contributed by atoms with Gasteiger partial charge in [-0.1, -0.05) is 37.3 Å². The molecule has 20 heavy (non-hydrogen) atoms. The molecule has 112 valence electrons. The first-order chi connectivity index (χ1) is 9.70. The smallest absolute Gasteiger partial charge is 0.0594 e. The SMILES string of the molecule is CCC(C)(C(Cc1ccccc1)NC)N1CCOCC1. The molecule has 1 aliphatic rings. The Morgan fingerprint density at radius 1 is 1.25 bits per heavy atom. The molecule has 0 aliphatic carbocycles. The highest BCUT2D eigenvalue weighted by Gasteiger charge is 2.38. The second-order valence-corrected chi connectivity index (χ2v) is 5.84. The maximum Gasteiger partial charge on any atom is 0.0594 e. The summed E-state index contributed by atoms with van der Waals surface area (Å²) >= 11 is 0. The topological polar surface area (TPSA) is 24.5 Å². The van der Waals surface area contributed by atoms with Gasteiger partial charge in [0.2, 0.25) is 0 Å². The first-order valence-electron chi connectivity index (χ1n) is 7.74. The average Bonchev–Trinajstić information content (AvgIpc) is 2.53. The van der Waals surface area contributed by atoms with Gasteiger partial charge in [0, 0.05) is 24.7 Å². The number of benzene rings is 1. The van der Waals surface area contributed by atoms with Gasteiger partial charge < -0.3 is 10.1 Å². The van der Waals surface area contributed by atoms with Crippen molar-refractivity contribution in [3.63, 3.8) is 0 Å². The predicted octanol–water partition coefficient (Wildman–Crippen LogP) is 2.32. The fraction of sp³-hybridized carbons (Fsp3) is 0.647. The Morgan fingerprint density at radius 2 is 1.90 bits per heavy atom. The zero-order valence-electron chi connectivity index (χ0n) is 13.1. The van der Waals surface area contributed by atoms with Gasteiger partial charge in [0.25, 0.3) is 0 Å². The summed E-state index contributed by atoms with van der Waals surface area (Å²) in [4.78, 5) is 2.60. The molecular formula is C17H28N2O. The number of rotatable bonds is 6. The summed E-state index contributed by atoms with van der Waals surface area (Å²) in [5, 5.41) is 3.56. The van der Waals surface area contributed by atoms with E-state index in [4.69, 9.17) is 4.74 Å².